The van der Waals surface area contributed by atoms with Crippen molar-refractivity contribution in [1.29, 1.82) is 0 Å². The van der Waals surface area contributed by atoms with E-state index in [1.54, 1.807) is 17.1 Å². The fourth-order valence-corrected chi connectivity index (χ4v) is 5.67. The number of carbonyl (C=O) groups excluding carboxylic acids is 3. The molecule has 1 saturated carbocycles. The molecule has 2 amide bonds. The number of hydrazone groups is 1. The van der Waals surface area contributed by atoms with Crippen LogP contribution in [0.25, 0.3) is 0 Å². The van der Waals surface area contributed by atoms with Gasteiger partial charge in [-0.15, -0.1) is 0 Å². The number of esters is 1. The third-order valence-electron chi connectivity index (χ3n) is 7.88. The second kappa shape index (κ2) is 12.7. The molecule has 2 aliphatic rings. The van der Waals surface area contributed by atoms with Crippen molar-refractivity contribution >= 4 is 23.5 Å². The van der Waals surface area contributed by atoms with Crippen molar-refractivity contribution in [3.63, 3.8) is 0 Å². The van der Waals surface area contributed by atoms with Crippen molar-refractivity contribution in [3.8, 4) is 0 Å². The quantitative estimate of drug-likeness (QED) is 0.361. The fraction of sp³-hybridized carbons (Fsp3) is 0.333. The van der Waals surface area contributed by atoms with Crippen molar-refractivity contribution < 1.29 is 19.1 Å². The number of nitrogens with zero attached hydrogens (tertiary/aromatic N) is 2. The SMILES string of the molecule is COC(=O)c1ccc(CNC(=O)C(c2ccc(CN3N=C(c4ccccc4)CCC3=O)cc2)C2CCCC2)cc1. The van der Waals surface area contributed by atoms with Gasteiger partial charge in [-0.25, -0.2) is 9.80 Å². The van der Waals surface area contributed by atoms with Gasteiger partial charge in [-0.05, 0) is 53.1 Å². The predicted octanol–water partition coefficient (Wildman–Crippen LogP) is 5.59. The Morgan fingerprint density at radius 1 is 0.925 bits per heavy atom. The molecule has 3 aromatic carbocycles. The molecule has 0 aromatic heterocycles. The van der Waals surface area contributed by atoms with Gasteiger partial charge in [0.25, 0.3) is 0 Å². The average molecular weight is 538 g/mol. The van der Waals surface area contributed by atoms with Crippen LogP contribution in [0.4, 0.5) is 0 Å². The summed E-state index contributed by atoms with van der Waals surface area (Å²) in [7, 11) is 1.36. The molecule has 0 spiro atoms. The lowest BCUT2D eigenvalue weighted by Crippen LogP contribution is -2.33. The van der Waals surface area contributed by atoms with Crippen LogP contribution in [0.15, 0.2) is 84.0 Å². The Labute approximate surface area is 235 Å². The van der Waals surface area contributed by atoms with E-state index < -0.39 is 0 Å². The molecule has 7 heteroatoms. The van der Waals surface area contributed by atoms with Gasteiger partial charge in [0.2, 0.25) is 11.8 Å². The number of amides is 2. The molecule has 1 unspecified atom stereocenters. The summed E-state index contributed by atoms with van der Waals surface area (Å²) >= 11 is 0. The molecule has 7 nitrogen and oxygen atoms in total. The minimum absolute atomic E-state index is 0.0139. The van der Waals surface area contributed by atoms with Gasteiger partial charge < -0.3 is 10.1 Å². The molecule has 40 heavy (non-hydrogen) atoms. The molecule has 0 bridgehead atoms. The summed E-state index contributed by atoms with van der Waals surface area (Å²) in [4.78, 5) is 37.8. The van der Waals surface area contributed by atoms with Crippen LogP contribution in [-0.4, -0.2) is 35.6 Å². The van der Waals surface area contributed by atoms with Crippen molar-refractivity contribution in [2.45, 2.75) is 57.5 Å². The molecule has 1 atom stereocenters. The topological polar surface area (TPSA) is 88.1 Å². The van der Waals surface area contributed by atoms with Crippen LogP contribution in [0.5, 0.6) is 0 Å². The normalized spacial score (nSPS) is 16.4. The molecule has 1 heterocycles. The summed E-state index contributed by atoms with van der Waals surface area (Å²) in [6, 6.07) is 25.1. The molecule has 0 saturated heterocycles. The molecule has 1 aliphatic heterocycles. The van der Waals surface area contributed by atoms with Gasteiger partial charge in [0.1, 0.15) is 0 Å². The van der Waals surface area contributed by atoms with Gasteiger partial charge in [-0.2, -0.15) is 5.10 Å². The molecular weight excluding hydrogens is 502 g/mol. The number of hydrogen-bond acceptors (Lipinski definition) is 5. The van der Waals surface area contributed by atoms with Crippen molar-refractivity contribution in [3.05, 3.63) is 107 Å². The highest BCUT2D eigenvalue weighted by Gasteiger charge is 2.32. The van der Waals surface area contributed by atoms with Crippen LogP contribution in [-0.2, 0) is 27.4 Å². The maximum atomic E-state index is 13.5. The van der Waals surface area contributed by atoms with E-state index in [1.807, 2.05) is 66.7 Å². The second-order valence-electron chi connectivity index (χ2n) is 10.5. The Hall–Kier alpha value is -4.26. The molecule has 1 N–H and O–H groups in total. The molecule has 0 radical (unpaired) electrons. The van der Waals surface area contributed by atoms with Gasteiger partial charge >= 0.3 is 5.97 Å². The number of ether oxygens (including phenoxy) is 1. The maximum absolute atomic E-state index is 13.5. The van der Waals surface area contributed by atoms with E-state index in [9.17, 15) is 14.4 Å². The Bertz CT molecular complexity index is 1360. The van der Waals surface area contributed by atoms with Crippen LogP contribution in [0, 0.1) is 5.92 Å². The lowest BCUT2D eigenvalue weighted by atomic mass is 9.83. The van der Waals surface area contributed by atoms with Crippen LogP contribution in [0.3, 0.4) is 0 Å². The van der Waals surface area contributed by atoms with E-state index in [4.69, 9.17) is 4.74 Å². The summed E-state index contributed by atoms with van der Waals surface area (Å²) < 4.78 is 4.76. The third kappa shape index (κ3) is 6.47. The molecule has 1 fully saturated rings. The number of methoxy groups -OCH3 is 1. The number of carbonyl (C=O) groups is 3. The number of benzene rings is 3. The summed E-state index contributed by atoms with van der Waals surface area (Å²) in [5.74, 6) is -0.278. The maximum Gasteiger partial charge on any atom is 0.337 e. The highest BCUT2D eigenvalue weighted by atomic mass is 16.5. The Balaban J connectivity index is 1.27. The van der Waals surface area contributed by atoms with Gasteiger partial charge in [0.05, 0.1) is 30.8 Å². The van der Waals surface area contributed by atoms with Crippen LogP contribution >= 0.6 is 0 Å². The van der Waals surface area contributed by atoms with Crippen molar-refractivity contribution in [1.82, 2.24) is 10.3 Å². The average Bonchev–Trinajstić information content (AvgIpc) is 3.53. The molecular formula is C33H35N3O4. The minimum atomic E-state index is -0.381. The number of nitrogens with one attached hydrogen (secondary N) is 1. The first-order valence-corrected chi connectivity index (χ1v) is 14.0. The van der Waals surface area contributed by atoms with Crippen LogP contribution < -0.4 is 5.32 Å². The number of hydrogen-bond donors (Lipinski definition) is 1. The standard InChI is InChI=1S/C33H35N3O4/c1-40-33(39)28-17-11-23(12-18-28)21-34-32(38)31(26-9-5-6-10-26)27-15-13-24(14-16-27)22-36-30(37)20-19-29(35-36)25-7-3-2-4-8-25/h2-4,7-8,11-18,26,31H,5-6,9-10,19-22H2,1H3,(H,34,38). The van der Waals surface area contributed by atoms with Crippen molar-refractivity contribution in [2.75, 3.05) is 7.11 Å². The molecule has 1 aliphatic carbocycles. The monoisotopic (exact) mass is 537 g/mol. The van der Waals surface area contributed by atoms with E-state index in [2.05, 4.69) is 10.4 Å². The van der Waals surface area contributed by atoms with E-state index in [1.165, 1.54) is 7.11 Å². The van der Waals surface area contributed by atoms with Gasteiger partial charge in [-0.3, -0.25) is 9.59 Å². The Kier molecular flexibility index (Phi) is 8.69. The van der Waals surface area contributed by atoms with E-state index in [-0.39, 0.29) is 23.7 Å². The van der Waals surface area contributed by atoms with E-state index in [0.29, 0.717) is 37.4 Å². The largest absolute Gasteiger partial charge is 0.465 e. The fourth-order valence-electron chi connectivity index (χ4n) is 5.67. The smallest absolute Gasteiger partial charge is 0.337 e. The minimum Gasteiger partial charge on any atom is -0.465 e. The van der Waals surface area contributed by atoms with Crippen molar-refractivity contribution in [2.24, 2.45) is 11.0 Å². The molecule has 206 valence electrons. The first-order chi connectivity index (χ1) is 19.5. The van der Waals surface area contributed by atoms with Gasteiger partial charge in [0, 0.05) is 19.4 Å². The third-order valence-corrected chi connectivity index (χ3v) is 7.88. The Morgan fingerprint density at radius 2 is 1.60 bits per heavy atom. The lowest BCUT2D eigenvalue weighted by Gasteiger charge is -2.25. The predicted molar refractivity (Wildman–Crippen MR) is 154 cm³/mol. The summed E-state index contributed by atoms with van der Waals surface area (Å²) in [5, 5.41) is 9.34. The first-order valence-electron chi connectivity index (χ1n) is 14.0. The van der Waals surface area contributed by atoms with E-state index >= 15 is 0 Å². The van der Waals surface area contributed by atoms with Gasteiger partial charge in [0.15, 0.2) is 0 Å². The zero-order valence-electron chi connectivity index (χ0n) is 22.8. The molecule has 3 aromatic rings. The van der Waals surface area contributed by atoms with Gasteiger partial charge in [-0.1, -0.05) is 79.6 Å². The number of rotatable bonds is 9. The summed E-state index contributed by atoms with van der Waals surface area (Å²) in [6.45, 7) is 0.789. The summed E-state index contributed by atoms with van der Waals surface area (Å²) in [5.41, 5.74) is 5.34. The zero-order chi connectivity index (χ0) is 27.9. The summed E-state index contributed by atoms with van der Waals surface area (Å²) in [6.07, 6.45) is 5.44. The lowest BCUT2D eigenvalue weighted by molar-refractivity contribution is -0.132. The van der Waals surface area contributed by atoms with Crippen LogP contribution in [0.1, 0.15) is 77.1 Å². The van der Waals surface area contributed by atoms with E-state index in [0.717, 1.165) is 53.6 Å². The highest BCUT2D eigenvalue weighted by molar-refractivity contribution is 6.04. The highest BCUT2D eigenvalue weighted by Crippen LogP contribution is 2.38. The second-order valence-corrected chi connectivity index (χ2v) is 10.5. The Morgan fingerprint density at radius 3 is 2.27 bits per heavy atom. The van der Waals surface area contributed by atoms with Crippen LogP contribution in [0.2, 0.25) is 0 Å². The molecule has 5 rings (SSSR count). The zero-order valence-corrected chi connectivity index (χ0v) is 22.8. The first kappa shape index (κ1) is 27.3.